The van der Waals surface area contributed by atoms with E-state index in [0.717, 1.165) is 25.1 Å². The third kappa shape index (κ3) is 4.22. The smallest absolute Gasteiger partial charge is 0.308 e. The summed E-state index contributed by atoms with van der Waals surface area (Å²) in [6.45, 7) is 5.15. The summed E-state index contributed by atoms with van der Waals surface area (Å²) in [6, 6.07) is 7.57. The molecular formula is C14H20ClNO2. The van der Waals surface area contributed by atoms with Crippen molar-refractivity contribution in [3.63, 3.8) is 0 Å². The van der Waals surface area contributed by atoms with E-state index in [2.05, 4.69) is 11.8 Å². The summed E-state index contributed by atoms with van der Waals surface area (Å²) in [6.07, 6.45) is 2.10. The van der Waals surface area contributed by atoms with Crippen LogP contribution in [0.3, 0.4) is 0 Å². The number of aliphatic carboxylic acids is 1. The highest BCUT2D eigenvalue weighted by molar-refractivity contribution is 6.33. The maximum Gasteiger partial charge on any atom is 0.308 e. The number of para-hydroxylation sites is 1. The van der Waals surface area contributed by atoms with E-state index < -0.39 is 11.9 Å². The molecule has 0 amide bonds. The SMILES string of the molecule is CCCCN(CC(C)C(=O)O)c1ccccc1Cl. The number of unbranched alkanes of at least 4 members (excludes halogenated alkanes) is 1. The standard InChI is InChI=1S/C14H20ClNO2/c1-3-4-9-16(10-11(2)14(17)18)13-8-6-5-7-12(13)15/h5-8,11H,3-4,9-10H2,1-2H3,(H,17,18). The van der Waals surface area contributed by atoms with Crippen molar-refractivity contribution in [3.8, 4) is 0 Å². The molecule has 4 heteroatoms. The van der Waals surface area contributed by atoms with Crippen molar-refractivity contribution in [2.45, 2.75) is 26.7 Å². The molecule has 0 saturated carbocycles. The topological polar surface area (TPSA) is 40.5 Å². The van der Waals surface area contributed by atoms with Gasteiger partial charge in [-0.05, 0) is 18.6 Å². The van der Waals surface area contributed by atoms with Crippen LogP contribution in [0.25, 0.3) is 0 Å². The van der Waals surface area contributed by atoms with Gasteiger partial charge >= 0.3 is 5.97 Å². The molecule has 0 saturated heterocycles. The lowest BCUT2D eigenvalue weighted by Crippen LogP contribution is -2.32. The number of benzene rings is 1. The van der Waals surface area contributed by atoms with Crippen LogP contribution in [0.4, 0.5) is 5.69 Å². The minimum Gasteiger partial charge on any atom is -0.481 e. The second-order valence-corrected chi connectivity index (χ2v) is 4.90. The Labute approximate surface area is 113 Å². The van der Waals surface area contributed by atoms with E-state index in [1.54, 1.807) is 6.92 Å². The molecule has 0 fully saturated rings. The van der Waals surface area contributed by atoms with Gasteiger partial charge in [-0.2, -0.15) is 0 Å². The van der Waals surface area contributed by atoms with Gasteiger partial charge in [0.25, 0.3) is 0 Å². The number of hydrogen-bond donors (Lipinski definition) is 1. The Hall–Kier alpha value is -1.22. The first-order valence-electron chi connectivity index (χ1n) is 6.28. The van der Waals surface area contributed by atoms with Crippen LogP contribution in [0, 0.1) is 5.92 Å². The average molecular weight is 270 g/mol. The zero-order valence-electron chi connectivity index (χ0n) is 10.9. The predicted octanol–water partition coefficient (Wildman–Crippen LogP) is 3.67. The second kappa shape index (κ2) is 7.27. The van der Waals surface area contributed by atoms with Gasteiger partial charge in [0.1, 0.15) is 0 Å². The van der Waals surface area contributed by atoms with E-state index in [1.807, 2.05) is 24.3 Å². The number of hydrogen-bond acceptors (Lipinski definition) is 2. The molecule has 3 nitrogen and oxygen atoms in total. The van der Waals surface area contributed by atoms with E-state index in [1.165, 1.54) is 0 Å². The molecule has 0 aliphatic carbocycles. The summed E-state index contributed by atoms with van der Waals surface area (Å²) >= 11 is 6.17. The first kappa shape index (κ1) is 14.8. The zero-order valence-corrected chi connectivity index (χ0v) is 11.7. The van der Waals surface area contributed by atoms with Gasteiger partial charge in [-0.25, -0.2) is 0 Å². The van der Waals surface area contributed by atoms with Crippen molar-refractivity contribution in [3.05, 3.63) is 29.3 Å². The van der Waals surface area contributed by atoms with Crippen LogP contribution in [0.15, 0.2) is 24.3 Å². The van der Waals surface area contributed by atoms with Crippen molar-refractivity contribution in [1.82, 2.24) is 0 Å². The number of rotatable bonds is 7. The fraction of sp³-hybridized carbons (Fsp3) is 0.500. The monoisotopic (exact) mass is 269 g/mol. The maximum atomic E-state index is 11.0. The van der Waals surface area contributed by atoms with Crippen LogP contribution in [-0.2, 0) is 4.79 Å². The molecule has 0 spiro atoms. The summed E-state index contributed by atoms with van der Waals surface area (Å²) in [5, 5.41) is 9.69. The van der Waals surface area contributed by atoms with Gasteiger partial charge in [-0.1, -0.05) is 44.0 Å². The summed E-state index contributed by atoms with van der Waals surface area (Å²) in [5.41, 5.74) is 0.917. The number of carboxylic acid groups (broad SMARTS) is 1. The summed E-state index contributed by atoms with van der Waals surface area (Å²) in [7, 11) is 0. The lowest BCUT2D eigenvalue weighted by Gasteiger charge is -2.27. The summed E-state index contributed by atoms with van der Waals surface area (Å²) < 4.78 is 0. The van der Waals surface area contributed by atoms with Crippen LogP contribution in [0.5, 0.6) is 0 Å². The molecular weight excluding hydrogens is 250 g/mol. The minimum absolute atomic E-state index is 0.405. The highest BCUT2D eigenvalue weighted by Gasteiger charge is 2.17. The molecule has 0 aliphatic heterocycles. The normalized spacial score (nSPS) is 12.2. The van der Waals surface area contributed by atoms with Gasteiger partial charge in [0.05, 0.1) is 16.6 Å². The number of anilines is 1. The van der Waals surface area contributed by atoms with Gasteiger partial charge in [0, 0.05) is 13.1 Å². The van der Waals surface area contributed by atoms with Crippen LogP contribution < -0.4 is 4.90 Å². The molecule has 1 aromatic rings. The molecule has 1 N–H and O–H groups in total. The molecule has 0 aromatic heterocycles. The predicted molar refractivity (Wildman–Crippen MR) is 75.4 cm³/mol. The molecule has 1 unspecified atom stereocenters. The van der Waals surface area contributed by atoms with Gasteiger partial charge < -0.3 is 10.0 Å². The second-order valence-electron chi connectivity index (χ2n) is 4.49. The number of nitrogens with zero attached hydrogens (tertiary/aromatic N) is 1. The van der Waals surface area contributed by atoms with E-state index in [9.17, 15) is 4.79 Å². The quantitative estimate of drug-likeness (QED) is 0.821. The Morgan fingerprint density at radius 1 is 1.44 bits per heavy atom. The molecule has 1 aromatic carbocycles. The van der Waals surface area contributed by atoms with E-state index in [0.29, 0.717) is 11.6 Å². The molecule has 0 heterocycles. The lowest BCUT2D eigenvalue weighted by molar-refractivity contribution is -0.140. The van der Waals surface area contributed by atoms with Crippen LogP contribution in [0.1, 0.15) is 26.7 Å². The number of halogens is 1. The molecule has 100 valence electrons. The van der Waals surface area contributed by atoms with Crippen molar-refractivity contribution in [2.75, 3.05) is 18.0 Å². The third-order valence-corrected chi connectivity index (χ3v) is 3.21. The van der Waals surface area contributed by atoms with Gasteiger partial charge in [-0.15, -0.1) is 0 Å². The van der Waals surface area contributed by atoms with Crippen molar-refractivity contribution in [2.24, 2.45) is 5.92 Å². The highest BCUT2D eigenvalue weighted by Crippen LogP contribution is 2.26. The fourth-order valence-corrected chi connectivity index (χ4v) is 2.03. The Morgan fingerprint density at radius 2 is 2.11 bits per heavy atom. The Balaban J connectivity index is 2.84. The van der Waals surface area contributed by atoms with Gasteiger partial charge in [0.2, 0.25) is 0 Å². The van der Waals surface area contributed by atoms with E-state index in [-0.39, 0.29) is 0 Å². The molecule has 1 rings (SSSR count). The molecule has 18 heavy (non-hydrogen) atoms. The first-order valence-corrected chi connectivity index (χ1v) is 6.66. The molecule has 0 radical (unpaired) electrons. The Morgan fingerprint density at radius 3 is 2.67 bits per heavy atom. The molecule has 0 aliphatic rings. The largest absolute Gasteiger partial charge is 0.481 e. The Kier molecular flexibility index (Phi) is 5.99. The van der Waals surface area contributed by atoms with Crippen LogP contribution in [0.2, 0.25) is 5.02 Å². The summed E-state index contributed by atoms with van der Waals surface area (Å²) in [5.74, 6) is -1.18. The van der Waals surface area contributed by atoms with E-state index in [4.69, 9.17) is 16.7 Å². The maximum absolute atomic E-state index is 11.0. The lowest BCUT2D eigenvalue weighted by atomic mass is 10.1. The van der Waals surface area contributed by atoms with Crippen molar-refractivity contribution >= 4 is 23.3 Å². The minimum atomic E-state index is -0.774. The van der Waals surface area contributed by atoms with Crippen molar-refractivity contribution in [1.29, 1.82) is 0 Å². The number of carbonyl (C=O) groups is 1. The van der Waals surface area contributed by atoms with Crippen LogP contribution in [-0.4, -0.2) is 24.2 Å². The molecule has 1 atom stereocenters. The zero-order chi connectivity index (χ0) is 13.5. The average Bonchev–Trinajstić information content (AvgIpc) is 2.35. The highest BCUT2D eigenvalue weighted by atomic mass is 35.5. The Bertz CT molecular complexity index is 395. The first-order chi connectivity index (χ1) is 8.56. The fourth-order valence-electron chi connectivity index (χ4n) is 1.78. The molecule has 0 bridgehead atoms. The third-order valence-electron chi connectivity index (χ3n) is 2.89. The van der Waals surface area contributed by atoms with E-state index >= 15 is 0 Å². The van der Waals surface area contributed by atoms with Crippen LogP contribution >= 0.6 is 11.6 Å². The number of carboxylic acids is 1. The van der Waals surface area contributed by atoms with Gasteiger partial charge in [0.15, 0.2) is 0 Å². The van der Waals surface area contributed by atoms with Crippen molar-refractivity contribution < 1.29 is 9.90 Å². The summed E-state index contributed by atoms with van der Waals surface area (Å²) in [4.78, 5) is 13.0. The van der Waals surface area contributed by atoms with Gasteiger partial charge in [-0.3, -0.25) is 4.79 Å².